The molecular formula is C21H16F3N7O. The van der Waals surface area contributed by atoms with Gasteiger partial charge in [0.15, 0.2) is 5.69 Å². The molecule has 32 heavy (non-hydrogen) atoms. The number of amides is 1. The van der Waals surface area contributed by atoms with E-state index in [1.165, 1.54) is 35.1 Å². The van der Waals surface area contributed by atoms with Gasteiger partial charge < -0.3 is 5.32 Å². The Balaban J connectivity index is 1.37. The van der Waals surface area contributed by atoms with Gasteiger partial charge in [-0.2, -0.15) is 28.1 Å². The molecule has 1 saturated carbocycles. The molecule has 0 atom stereocenters. The summed E-state index contributed by atoms with van der Waals surface area (Å²) in [6.07, 6.45) is 1.97. The van der Waals surface area contributed by atoms with Gasteiger partial charge in [0.05, 0.1) is 11.4 Å². The summed E-state index contributed by atoms with van der Waals surface area (Å²) in [6, 6.07) is 10.5. The van der Waals surface area contributed by atoms with E-state index in [0.717, 1.165) is 29.3 Å². The first-order valence-corrected chi connectivity index (χ1v) is 9.80. The van der Waals surface area contributed by atoms with Crippen molar-refractivity contribution in [2.24, 2.45) is 0 Å². The molecule has 0 spiro atoms. The summed E-state index contributed by atoms with van der Waals surface area (Å²) < 4.78 is 40.9. The summed E-state index contributed by atoms with van der Waals surface area (Å²) in [4.78, 5) is 21.2. The van der Waals surface area contributed by atoms with Crippen molar-refractivity contribution in [1.82, 2.24) is 29.5 Å². The van der Waals surface area contributed by atoms with Gasteiger partial charge >= 0.3 is 6.18 Å². The lowest BCUT2D eigenvalue weighted by molar-refractivity contribution is -0.141. The van der Waals surface area contributed by atoms with Crippen LogP contribution in [0.3, 0.4) is 0 Å². The van der Waals surface area contributed by atoms with Gasteiger partial charge in [-0.3, -0.25) is 4.79 Å². The molecule has 0 saturated heterocycles. The number of halogens is 3. The maximum Gasteiger partial charge on any atom is 0.435 e. The Kier molecular flexibility index (Phi) is 4.72. The number of nitrogens with zero attached hydrogens (tertiary/aromatic N) is 6. The molecule has 11 heteroatoms. The van der Waals surface area contributed by atoms with Crippen molar-refractivity contribution in [3.8, 4) is 11.6 Å². The van der Waals surface area contributed by atoms with E-state index in [4.69, 9.17) is 0 Å². The molecule has 1 N–H and O–H groups in total. The van der Waals surface area contributed by atoms with Crippen LogP contribution in [0.4, 0.5) is 19.0 Å². The normalized spacial score (nSPS) is 13.8. The summed E-state index contributed by atoms with van der Waals surface area (Å²) >= 11 is 0. The predicted molar refractivity (Wildman–Crippen MR) is 108 cm³/mol. The SMILES string of the molecule is O=C(Nc1cc(C2CC2)nn1-c1ncccn1)c1ccc(-n2ccc(C(F)(F)F)n2)cc1. The van der Waals surface area contributed by atoms with Gasteiger partial charge in [-0.05, 0) is 49.2 Å². The fourth-order valence-electron chi connectivity index (χ4n) is 3.19. The zero-order valence-corrected chi connectivity index (χ0v) is 16.5. The maximum absolute atomic E-state index is 12.8. The van der Waals surface area contributed by atoms with Gasteiger partial charge in [0.25, 0.3) is 11.9 Å². The van der Waals surface area contributed by atoms with E-state index < -0.39 is 17.8 Å². The van der Waals surface area contributed by atoms with E-state index in [1.807, 2.05) is 6.07 Å². The minimum absolute atomic E-state index is 0.326. The van der Waals surface area contributed by atoms with E-state index in [9.17, 15) is 18.0 Å². The molecule has 0 aliphatic heterocycles. The van der Waals surface area contributed by atoms with Crippen LogP contribution in [0, 0.1) is 0 Å². The number of rotatable bonds is 5. The number of carbonyl (C=O) groups excluding carboxylic acids is 1. The van der Waals surface area contributed by atoms with Gasteiger partial charge in [-0.25, -0.2) is 14.6 Å². The van der Waals surface area contributed by atoms with E-state index in [1.54, 1.807) is 18.5 Å². The first-order chi connectivity index (χ1) is 15.4. The third kappa shape index (κ3) is 3.96. The average molecular weight is 439 g/mol. The van der Waals surface area contributed by atoms with Crippen LogP contribution >= 0.6 is 0 Å². The molecule has 5 rings (SSSR count). The lowest BCUT2D eigenvalue weighted by Gasteiger charge is -2.08. The Hall–Kier alpha value is -4.02. The Bertz CT molecular complexity index is 1260. The van der Waals surface area contributed by atoms with Gasteiger partial charge in [-0.15, -0.1) is 0 Å². The van der Waals surface area contributed by atoms with E-state index in [0.29, 0.717) is 28.9 Å². The molecule has 1 aromatic carbocycles. The van der Waals surface area contributed by atoms with Crippen LogP contribution in [0.1, 0.15) is 40.5 Å². The lowest BCUT2D eigenvalue weighted by atomic mass is 10.2. The molecule has 4 aromatic rings. The average Bonchev–Trinajstić information content (AvgIpc) is 3.35. The zero-order chi connectivity index (χ0) is 22.3. The Morgan fingerprint density at radius 3 is 2.38 bits per heavy atom. The summed E-state index contributed by atoms with van der Waals surface area (Å²) in [5, 5.41) is 10.9. The van der Waals surface area contributed by atoms with Crippen molar-refractivity contribution in [1.29, 1.82) is 0 Å². The van der Waals surface area contributed by atoms with Crippen molar-refractivity contribution in [2.75, 3.05) is 5.32 Å². The van der Waals surface area contributed by atoms with Crippen LogP contribution < -0.4 is 5.32 Å². The molecular weight excluding hydrogens is 423 g/mol. The maximum atomic E-state index is 12.8. The molecule has 1 aliphatic carbocycles. The first-order valence-electron chi connectivity index (χ1n) is 9.80. The van der Waals surface area contributed by atoms with Crippen LogP contribution in [0.15, 0.2) is 61.1 Å². The Labute approximate surface area is 179 Å². The highest BCUT2D eigenvalue weighted by atomic mass is 19.4. The minimum atomic E-state index is -4.52. The zero-order valence-electron chi connectivity index (χ0n) is 16.5. The lowest BCUT2D eigenvalue weighted by Crippen LogP contribution is -2.16. The summed E-state index contributed by atoms with van der Waals surface area (Å²) in [7, 11) is 0. The molecule has 3 heterocycles. The van der Waals surface area contributed by atoms with Gasteiger partial charge in [0, 0.05) is 36.1 Å². The molecule has 162 valence electrons. The van der Waals surface area contributed by atoms with Gasteiger partial charge in [0.1, 0.15) is 5.82 Å². The van der Waals surface area contributed by atoms with Gasteiger partial charge in [0.2, 0.25) is 0 Å². The third-order valence-corrected chi connectivity index (χ3v) is 4.98. The highest BCUT2D eigenvalue weighted by Gasteiger charge is 2.33. The van der Waals surface area contributed by atoms with Crippen LogP contribution in [-0.4, -0.2) is 35.4 Å². The van der Waals surface area contributed by atoms with Crippen molar-refractivity contribution in [3.63, 3.8) is 0 Å². The van der Waals surface area contributed by atoms with E-state index >= 15 is 0 Å². The number of hydrogen-bond donors (Lipinski definition) is 1. The molecule has 0 radical (unpaired) electrons. The summed E-state index contributed by atoms with van der Waals surface area (Å²) in [5.74, 6) is 0.747. The number of anilines is 1. The summed E-state index contributed by atoms with van der Waals surface area (Å²) in [5.41, 5.74) is 0.604. The second-order valence-electron chi connectivity index (χ2n) is 7.33. The minimum Gasteiger partial charge on any atom is -0.306 e. The number of hydrogen-bond acceptors (Lipinski definition) is 5. The quantitative estimate of drug-likeness (QED) is 0.508. The smallest absolute Gasteiger partial charge is 0.306 e. The molecule has 0 unspecified atom stereocenters. The van der Waals surface area contributed by atoms with E-state index in [-0.39, 0.29) is 0 Å². The van der Waals surface area contributed by atoms with Crippen LogP contribution in [0.5, 0.6) is 0 Å². The van der Waals surface area contributed by atoms with Crippen LogP contribution in [0.2, 0.25) is 0 Å². The second-order valence-corrected chi connectivity index (χ2v) is 7.33. The van der Waals surface area contributed by atoms with Crippen molar-refractivity contribution < 1.29 is 18.0 Å². The fraction of sp³-hybridized carbons (Fsp3) is 0.190. The fourth-order valence-corrected chi connectivity index (χ4v) is 3.19. The highest BCUT2D eigenvalue weighted by molar-refractivity contribution is 6.04. The van der Waals surface area contributed by atoms with Crippen molar-refractivity contribution in [3.05, 3.63) is 78.0 Å². The first kappa shape index (κ1) is 19.9. The number of alkyl halides is 3. The summed E-state index contributed by atoms with van der Waals surface area (Å²) in [6.45, 7) is 0. The topological polar surface area (TPSA) is 90.5 Å². The molecule has 1 amide bonds. The number of benzene rings is 1. The monoisotopic (exact) mass is 439 g/mol. The predicted octanol–water partition coefficient (Wildman–Crippen LogP) is 4.00. The van der Waals surface area contributed by atoms with Crippen molar-refractivity contribution >= 4 is 11.7 Å². The number of carbonyl (C=O) groups is 1. The Morgan fingerprint density at radius 1 is 1.03 bits per heavy atom. The largest absolute Gasteiger partial charge is 0.435 e. The van der Waals surface area contributed by atoms with Crippen molar-refractivity contribution in [2.45, 2.75) is 24.9 Å². The number of aromatic nitrogens is 6. The molecule has 8 nitrogen and oxygen atoms in total. The van der Waals surface area contributed by atoms with Crippen LogP contribution in [-0.2, 0) is 6.18 Å². The highest BCUT2D eigenvalue weighted by Crippen LogP contribution is 2.40. The molecule has 0 bridgehead atoms. The third-order valence-electron chi connectivity index (χ3n) is 4.98. The second kappa shape index (κ2) is 7.59. The molecule has 3 aromatic heterocycles. The van der Waals surface area contributed by atoms with E-state index in [2.05, 4.69) is 25.5 Å². The number of nitrogens with one attached hydrogen (secondary N) is 1. The Morgan fingerprint density at radius 2 is 1.75 bits per heavy atom. The molecule has 1 aliphatic rings. The standard InChI is InChI=1S/C21H16F3N7O/c22-21(23,24)17-8-11-30(29-17)15-6-4-14(5-7-15)19(32)27-18-12-16(13-2-3-13)28-31(18)20-25-9-1-10-26-20/h1,4-13H,2-3H2,(H,27,32). The van der Waals surface area contributed by atoms with Crippen LogP contribution in [0.25, 0.3) is 11.6 Å². The van der Waals surface area contributed by atoms with Gasteiger partial charge in [-0.1, -0.05) is 0 Å². The molecule has 1 fully saturated rings.